The summed E-state index contributed by atoms with van der Waals surface area (Å²) in [6.07, 6.45) is 4.69. The van der Waals surface area contributed by atoms with E-state index in [1.54, 1.807) is 0 Å². The van der Waals surface area contributed by atoms with Crippen molar-refractivity contribution in [2.45, 2.75) is 31.7 Å². The van der Waals surface area contributed by atoms with Gasteiger partial charge in [0.1, 0.15) is 0 Å². The van der Waals surface area contributed by atoms with Gasteiger partial charge in [-0.25, -0.2) is 8.42 Å². The van der Waals surface area contributed by atoms with Crippen LogP contribution < -0.4 is 5.32 Å². The maximum absolute atomic E-state index is 12.0. The second kappa shape index (κ2) is 6.35. The zero-order valence-electron chi connectivity index (χ0n) is 13.3. The highest BCUT2D eigenvalue weighted by atomic mass is 32.2. The number of aryl methyl sites for hydroxylation is 2. The van der Waals surface area contributed by atoms with Crippen LogP contribution in [0.1, 0.15) is 24.8 Å². The summed E-state index contributed by atoms with van der Waals surface area (Å²) in [7, 11) is -0.917. The minimum atomic E-state index is -2.94. The van der Waals surface area contributed by atoms with Crippen molar-refractivity contribution in [3.63, 3.8) is 0 Å². The maximum Gasteiger partial charge on any atom is 0.220 e. The van der Waals surface area contributed by atoms with Crippen molar-refractivity contribution in [3.05, 3.63) is 36.0 Å². The van der Waals surface area contributed by atoms with Gasteiger partial charge in [0.05, 0.1) is 11.5 Å². The van der Waals surface area contributed by atoms with Crippen LogP contribution in [0.2, 0.25) is 0 Å². The molecule has 1 N–H and O–H groups in total. The predicted molar refractivity (Wildman–Crippen MR) is 91.1 cm³/mol. The van der Waals surface area contributed by atoms with Gasteiger partial charge in [-0.15, -0.1) is 0 Å². The van der Waals surface area contributed by atoms with Crippen LogP contribution >= 0.6 is 0 Å². The van der Waals surface area contributed by atoms with Crippen molar-refractivity contribution in [1.82, 2.24) is 9.88 Å². The van der Waals surface area contributed by atoms with Crippen LogP contribution in [0.5, 0.6) is 0 Å². The summed E-state index contributed by atoms with van der Waals surface area (Å²) >= 11 is 0. The first kappa shape index (κ1) is 16.1. The predicted octanol–water partition coefficient (Wildman–Crippen LogP) is 1.80. The molecule has 0 unspecified atom stereocenters. The highest BCUT2D eigenvalue weighted by molar-refractivity contribution is 7.91. The van der Waals surface area contributed by atoms with Crippen LogP contribution in [0.15, 0.2) is 30.5 Å². The monoisotopic (exact) mass is 334 g/mol. The number of benzene rings is 1. The quantitative estimate of drug-likeness (QED) is 0.907. The lowest BCUT2D eigenvalue weighted by atomic mass is 10.1. The lowest BCUT2D eigenvalue weighted by Gasteiger charge is -2.10. The Morgan fingerprint density at radius 1 is 1.35 bits per heavy atom. The Hall–Kier alpha value is -1.82. The number of aromatic nitrogens is 1. The van der Waals surface area contributed by atoms with Crippen LogP contribution in [0.25, 0.3) is 10.9 Å². The summed E-state index contributed by atoms with van der Waals surface area (Å²) in [6.45, 7) is 0. The van der Waals surface area contributed by atoms with Crippen molar-refractivity contribution >= 4 is 26.6 Å². The Balaban J connectivity index is 1.52. The van der Waals surface area contributed by atoms with E-state index in [-0.39, 0.29) is 23.5 Å². The van der Waals surface area contributed by atoms with Crippen LogP contribution in [-0.2, 0) is 28.1 Å². The van der Waals surface area contributed by atoms with Crippen molar-refractivity contribution in [2.75, 3.05) is 11.5 Å². The van der Waals surface area contributed by atoms with Gasteiger partial charge in [-0.3, -0.25) is 4.79 Å². The summed E-state index contributed by atoms with van der Waals surface area (Å²) < 4.78 is 24.9. The number of hydrogen-bond donors (Lipinski definition) is 1. The lowest BCUT2D eigenvalue weighted by molar-refractivity contribution is -0.121. The molecule has 0 saturated carbocycles. The Morgan fingerprint density at radius 3 is 2.87 bits per heavy atom. The first-order valence-corrected chi connectivity index (χ1v) is 9.79. The number of nitrogens with one attached hydrogen (secondary N) is 1. The minimum absolute atomic E-state index is 0.0488. The Bertz CT molecular complexity index is 823. The molecule has 1 amide bonds. The zero-order chi connectivity index (χ0) is 16.4. The topological polar surface area (TPSA) is 68.2 Å². The number of rotatable bonds is 5. The van der Waals surface area contributed by atoms with Gasteiger partial charge in [0, 0.05) is 36.6 Å². The first-order valence-electron chi connectivity index (χ1n) is 7.97. The standard InChI is InChI=1S/C17H22N2O3S/c1-19-11-13(15-6-2-3-7-16(15)19)5-4-8-17(20)18-14-9-10-23(21,22)12-14/h2-3,6-7,11,14H,4-5,8-10,12H2,1H3,(H,18,20)/t14-/m0/s1. The van der Waals surface area contributed by atoms with E-state index >= 15 is 0 Å². The van der Waals surface area contributed by atoms with Crippen molar-refractivity contribution in [1.29, 1.82) is 0 Å². The van der Waals surface area contributed by atoms with Crippen LogP contribution in [0.4, 0.5) is 0 Å². The molecular formula is C17H22N2O3S. The second-order valence-electron chi connectivity index (χ2n) is 6.30. The Morgan fingerprint density at radius 2 is 2.13 bits per heavy atom. The summed E-state index contributed by atoms with van der Waals surface area (Å²) in [4.78, 5) is 12.0. The average Bonchev–Trinajstić information content (AvgIpc) is 3.00. The number of carbonyl (C=O) groups excluding carboxylic acids is 1. The average molecular weight is 334 g/mol. The molecule has 1 aromatic heterocycles. The normalized spacial score (nSPS) is 20.0. The molecule has 6 heteroatoms. The number of fused-ring (bicyclic) bond motifs is 1. The molecule has 0 radical (unpaired) electrons. The number of carbonyl (C=O) groups is 1. The molecule has 3 rings (SSSR count). The molecular weight excluding hydrogens is 312 g/mol. The molecule has 23 heavy (non-hydrogen) atoms. The van der Waals surface area contributed by atoms with Crippen LogP contribution in [0.3, 0.4) is 0 Å². The zero-order valence-corrected chi connectivity index (χ0v) is 14.1. The molecule has 5 nitrogen and oxygen atoms in total. The number of amides is 1. The highest BCUT2D eigenvalue weighted by Gasteiger charge is 2.28. The molecule has 0 aliphatic carbocycles. The summed E-state index contributed by atoms with van der Waals surface area (Å²) in [5.41, 5.74) is 2.45. The minimum Gasteiger partial charge on any atom is -0.352 e. The van der Waals surface area contributed by atoms with E-state index in [1.807, 2.05) is 19.2 Å². The number of hydrogen-bond acceptors (Lipinski definition) is 3. The van der Waals surface area contributed by atoms with Crippen molar-refractivity contribution in [2.24, 2.45) is 7.05 Å². The van der Waals surface area contributed by atoms with Crippen LogP contribution in [-0.4, -0.2) is 36.4 Å². The van der Waals surface area contributed by atoms with Gasteiger partial charge in [-0.1, -0.05) is 18.2 Å². The first-order chi connectivity index (χ1) is 10.9. The third-order valence-electron chi connectivity index (χ3n) is 4.43. The number of sulfone groups is 1. The molecule has 2 aromatic rings. The van der Waals surface area contributed by atoms with Gasteiger partial charge in [0.25, 0.3) is 0 Å². The van der Waals surface area contributed by atoms with Gasteiger partial charge in [-0.2, -0.15) is 0 Å². The van der Waals surface area contributed by atoms with Gasteiger partial charge in [0.15, 0.2) is 9.84 Å². The molecule has 1 saturated heterocycles. The largest absolute Gasteiger partial charge is 0.352 e. The number of para-hydroxylation sites is 1. The third kappa shape index (κ3) is 3.75. The van der Waals surface area contributed by atoms with E-state index in [4.69, 9.17) is 0 Å². The molecule has 0 spiro atoms. The molecule has 1 aliphatic rings. The molecule has 1 atom stereocenters. The van der Waals surface area contributed by atoms with E-state index in [2.05, 4.69) is 28.2 Å². The van der Waals surface area contributed by atoms with E-state index in [0.717, 1.165) is 12.8 Å². The second-order valence-corrected chi connectivity index (χ2v) is 8.53. The fourth-order valence-electron chi connectivity index (χ4n) is 3.27. The van der Waals surface area contributed by atoms with E-state index in [9.17, 15) is 13.2 Å². The molecule has 124 valence electrons. The van der Waals surface area contributed by atoms with Gasteiger partial charge >= 0.3 is 0 Å². The van der Waals surface area contributed by atoms with Gasteiger partial charge < -0.3 is 9.88 Å². The SMILES string of the molecule is Cn1cc(CCCC(=O)N[C@H]2CCS(=O)(=O)C2)c2ccccc21. The fourth-order valence-corrected chi connectivity index (χ4v) is 4.95. The molecule has 0 bridgehead atoms. The van der Waals surface area contributed by atoms with Gasteiger partial charge in [0.2, 0.25) is 5.91 Å². The van der Waals surface area contributed by atoms with Crippen molar-refractivity contribution < 1.29 is 13.2 Å². The lowest BCUT2D eigenvalue weighted by Crippen LogP contribution is -2.35. The molecule has 1 fully saturated rings. The van der Waals surface area contributed by atoms with Crippen molar-refractivity contribution in [3.8, 4) is 0 Å². The van der Waals surface area contributed by atoms with E-state index in [1.165, 1.54) is 16.5 Å². The van der Waals surface area contributed by atoms with E-state index in [0.29, 0.717) is 12.8 Å². The smallest absolute Gasteiger partial charge is 0.220 e. The highest BCUT2D eigenvalue weighted by Crippen LogP contribution is 2.21. The fraction of sp³-hybridized carbons (Fsp3) is 0.471. The Labute approximate surface area is 136 Å². The third-order valence-corrected chi connectivity index (χ3v) is 6.19. The molecule has 2 heterocycles. The van der Waals surface area contributed by atoms with Crippen LogP contribution in [0, 0.1) is 0 Å². The summed E-state index contributed by atoms with van der Waals surface area (Å²) in [5, 5.41) is 4.07. The summed E-state index contributed by atoms with van der Waals surface area (Å²) in [5.74, 6) is 0.225. The Kier molecular flexibility index (Phi) is 4.43. The number of nitrogens with zero attached hydrogens (tertiary/aromatic N) is 1. The van der Waals surface area contributed by atoms with Gasteiger partial charge in [-0.05, 0) is 30.9 Å². The van der Waals surface area contributed by atoms with E-state index < -0.39 is 9.84 Å². The maximum atomic E-state index is 12.0. The molecule has 1 aromatic carbocycles. The summed E-state index contributed by atoms with van der Waals surface area (Å²) in [6, 6.07) is 8.04. The molecule has 1 aliphatic heterocycles.